The molecule has 0 N–H and O–H groups in total. The summed E-state index contributed by atoms with van der Waals surface area (Å²) < 4.78 is 1.78. The molecule has 0 unspecified atom stereocenters. The van der Waals surface area contributed by atoms with Gasteiger partial charge < -0.3 is 9.47 Å². The Morgan fingerprint density at radius 1 is 1.67 bits per heavy atom. The fourth-order valence-corrected chi connectivity index (χ4v) is 1.74. The van der Waals surface area contributed by atoms with Crippen molar-refractivity contribution in [1.29, 1.82) is 0 Å². The van der Waals surface area contributed by atoms with E-state index in [-0.39, 0.29) is 11.9 Å². The van der Waals surface area contributed by atoms with Gasteiger partial charge in [-0.3, -0.25) is 4.79 Å². The lowest BCUT2D eigenvalue weighted by Gasteiger charge is -2.24. The molecular weight excluding hydrogens is 258 g/mol. The summed E-state index contributed by atoms with van der Waals surface area (Å²) in [7, 11) is 1.86. The molecule has 0 bridgehead atoms. The van der Waals surface area contributed by atoms with Crippen LogP contribution in [0.15, 0.2) is 12.5 Å². The first-order chi connectivity index (χ1) is 7.06. The van der Waals surface area contributed by atoms with Gasteiger partial charge in [0.2, 0.25) is 0 Å². The number of amides is 1. The van der Waals surface area contributed by atoms with Gasteiger partial charge in [-0.2, -0.15) is 0 Å². The Labute approximate surface area is 98.4 Å². The van der Waals surface area contributed by atoms with Gasteiger partial charge in [0.05, 0.1) is 6.33 Å². The normalized spacial score (nSPS) is 10.7. The zero-order valence-corrected chi connectivity index (χ0v) is 10.9. The van der Waals surface area contributed by atoms with Gasteiger partial charge in [-0.1, -0.05) is 15.9 Å². The van der Waals surface area contributed by atoms with Crippen LogP contribution in [0.4, 0.5) is 0 Å². The van der Waals surface area contributed by atoms with E-state index in [1.807, 2.05) is 20.9 Å². The van der Waals surface area contributed by atoms with Crippen LogP contribution in [0.25, 0.3) is 0 Å². The van der Waals surface area contributed by atoms with Crippen molar-refractivity contribution < 1.29 is 4.79 Å². The number of nitrogens with zero attached hydrogens (tertiary/aromatic N) is 3. The summed E-state index contributed by atoms with van der Waals surface area (Å²) in [6, 6.07) is 0.192. The van der Waals surface area contributed by atoms with Crippen molar-refractivity contribution >= 4 is 21.8 Å². The number of rotatable bonds is 4. The molecule has 0 atom stereocenters. The van der Waals surface area contributed by atoms with Gasteiger partial charge in [-0.05, 0) is 13.8 Å². The third-order valence-electron chi connectivity index (χ3n) is 2.13. The van der Waals surface area contributed by atoms with Crippen LogP contribution in [0.3, 0.4) is 0 Å². The average molecular weight is 274 g/mol. The highest BCUT2D eigenvalue weighted by Crippen LogP contribution is 2.06. The van der Waals surface area contributed by atoms with Crippen LogP contribution < -0.4 is 0 Å². The van der Waals surface area contributed by atoms with E-state index in [0.29, 0.717) is 12.2 Å². The quantitative estimate of drug-likeness (QED) is 0.783. The standard InChI is InChI=1S/C10H16BrN3O/c1-8(2)14(5-4-11)10(15)9-6-13(3)7-12-9/h6-8H,4-5H2,1-3H3. The van der Waals surface area contributed by atoms with Crippen LogP contribution in [-0.2, 0) is 7.05 Å². The molecular formula is C10H16BrN3O. The Morgan fingerprint density at radius 3 is 2.73 bits per heavy atom. The predicted octanol–water partition coefficient (Wildman–Crippen LogP) is 1.67. The largest absolute Gasteiger partial charge is 0.340 e. The Balaban J connectivity index is 2.80. The summed E-state index contributed by atoms with van der Waals surface area (Å²) in [5.74, 6) is -0.00921. The summed E-state index contributed by atoms with van der Waals surface area (Å²) in [5.41, 5.74) is 0.507. The molecule has 4 nitrogen and oxygen atoms in total. The number of carbonyl (C=O) groups excluding carboxylic acids is 1. The molecule has 1 amide bonds. The predicted molar refractivity (Wildman–Crippen MR) is 63.2 cm³/mol. The first kappa shape index (κ1) is 12.2. The number of aromatic nitrogens is 2. The van der Waals surface area contributed by atoms with Crippen LogP contribution in [0.5, 0.6) is 0 Å². The number of hydrogen-bond acceptors (Lipinski definition) is 2. The summed E-state index contributed by atoms with van der Waals surface area (Å²) in [5, 5.41) is 0.782. The zero-order chi connectivity index (χ0) is 11.4. The maximum Gasteiger partial charge on any atom is 0.274 e. The second kappa shape index (κ2) is 5.30. The SMILES string of the molecule is CC(C)N(CCBr)C(=O)c1cn(C)cn1. The molecule has 0 saturated carbocycles. The van der Waals surface area contributed by atoms with Crippen molar-refractivity contribution in [2.75, 3.05) is 11.9 Å². The third kappa shape index (κ3) is 3.06. The fraction of sp³-hybridized carbons (Fsp3) is 0.600. The van der Waals surface area contributed by atoms with E-state index < -0.39 is 0 Å². The van der Waals surface area contributed by atoms with Crippen LogP contribution >= 0.6 is 15.9 Å². The average Bonchev–Trinajstić information content (AvgIpc) is 2.59. The molecule has 1 aromatic rings. The van der Waals surface area contributed by atoms with Crippen molar-refractivity contribution in [3.05, 3.63) is 18.2 Å². The Bertz CT molecular complexity index is 335. The Hall–Kier alpha value is -0.840. The maximum atomic E-state index is 12.0. The molecule has 0 saturated heterocycles. The molecule has 0 aromatic carbocycles. The summed E-state index contributed by atoms with van der Waals surface area (Å²) in [6.45, 7) is 4.71. The lowest BCUT2D eigenvalue weighted by Crippen LogP contribution is -2.38. The number of halogens is 1. The number of hydrogen-bond donors (Lipinski definition) is 0. The fourth-order valence-electron chi connectivity index (χ4n) is 1.36. The van der Waals surface area contributed by atoms with E-state index in [2.05, 4.69) is 20.9 Å². The van der Waals surface area contributed by atoms with Gasteiger partial charge in [-0.25, -0.2) is 4.98 Å². The highest BCUT2D eigenvalue weighted by atomic mass is 79.9. The van der Waals surface area contributed by atoms with Crippen LogP contribution in [-0.4, -0.2) is 38.3 Å². The van der Waals surface area contributed by atoms with Crippen molar-refractivity contribution in [3.63, 3.8) is 0 Å². The molecule has 1 aromatic heterocycles. The number of aryl methyl sites for hydroxylation is 1. The van der Waals surface area contributed by atoms with Gasteiger partial charge in [0.1, 0.15) is 5.69 Å². The molecule has 0 aliphatic heterocycles. The molecule has 84 valence electrons. The first-order valence-corrected chi connectivity index (χ1v) is 6.03. The Morgan fingerprint density at radius 2 is 2.33 bits per heavy atom. The molecule has 1 heterocycles. The minimum absolute atomic E-state index is 0.00921. The zero-order valence-electron chi connectivity index (χ0n) is 9.27. The van der Waals surface area contributed by atoms with E-state index in [4.69, 9.17) is 0 Å². The summed E-state index contributed by atoms with van der Waals surface area (Å²) >= 11 is 3.34. The van der Waals surface area contributed by atoms with E-state index >= 15 is 0 Å². The molecule has 1 rings (SSSR count). The Kier molecular flexibility index (Phi) is 4.32. The van der Waals surface area contributed by atoms with E-state index in [9.17, 15) is 4.79 Å². The van der Waals surface area contributed by atoms with Crippen LogP contribution in [0.1, 0.15) is 24.3 Å². The number of imidazole rings is 1. The van der Waals surface area contributed by atoms with Gasteiger partial charge in [0.25, 0.3) is 5.91 Å². The minimum Gasteiger partial charge on any atom is -0.340 e. The molecule has 0 fully saturated rings. The van der Waals surface area contributed by atoms with Crippen molar-refractivity contribution in [1.82, 2.24) is 14.5 Å². The van der Waals surface area contributed by atoms with Crippen molar-refractivity contribution in [3.8, 4) is 0 Å². The number of alkyl halides is 1. The molecule has 0 radical (unpaired) electrons. The van der Waals surface area contributed by atoms with Crippen molar-refractivity contribution in [2.24, 2.45) is 7.05 Å². The monoisotopic (exact) mass is 273 g/mol. The molecule has 5 heteroatoms. The van der Waals surface area contributed by atoms with Crippen molar-refractivity contribution in [2.45, 2.75) is 19.9 Å². The lowest BCUT2D eigenvalue weighted by atomic mass is 10.3. The van der Waals surface area contributed by atoms with E-state index in [1.165, 1.54) is 0 Å². The van der Waals surface area contributed by atoms with Gasteiger partial charge >= 0.3 is 0 Å². The second-order valence-corrected chi connectivity index (χ2v) is 4.50. The summed E-state index contributed by atoms with van der Waals surface area (Å²) in [6.07, 6.45) is 3.38. The smallest absolute Gasteiger partial charge is 0.274 e. The van der Waals surface area contributed by atoms with Crippen LogP contribution in [0.2, 0.25) is 0 Å². The van der Waals surface area contributed by atoms with Gasteiger partial charge in [-0.15, -0.1) is 0 Å². The molecule has 0 spiro atoms. The lowest BCUT2D eigenvalue weighted by molar-refractivity contribution is 0.0714. The van der Waals surface area contributed by atoms with Gasteiger partial charge in [0.15, 0.2) is 0 Å². The molecule has 0 aliphatic rings. The minimum atomic E-state index is -0.00921. The van der Waals surface area contributed by atoms with Gasteiger partial charge in [0, 0.05) is 31.2 Å². The first-order valence-electron chi connectivity index (χ1n) is 4.91. The third-order valence-corrected chi connectivity index (χ3v) is 2.49. The summed E-state index contributed by atoms with van der Waals surface area (Å²) in [4.78, 5) is 17.9. The van der Waals surface area contributed by atoms with E-state index in [1.54, 1.807) is 22.0 Å². The molecule has 0 aliphatic carbocycles. The second-order valence-electron chi connectivity index (χ2n) is 3.71. The van der Waals surface area contributed by atoms with Crippen LogP contribution in [0, 0.1) is 0 Å². The maximum absolute atomic E-state index is 12.0. The highest BCUT2D eigenvalue weighted by molar-refractivity contribution is 9.09. The number of carbonyl (C=O) groups is 1. The highest BCUT2D eigenvalue weighted by Gasteiger charge is 2.19. The molecule has 15 heavy (non-hydrogen) atoms. The topological polar surface area (TPSA) is 38.1 Å². The van der Waals surface area contributed by atoms with E-state index in [0.717, 1.165) is 5.33 Å².